The third kappa shape index (κ3) is 4.87. The summed E-state index contributed by atoms with van der Waals surface area (Å²) in [6.45, 7) is 0. The molecule has 0 spiro atoms. The van der Waals surface area contributed by atoms with Gasteiger partial charge in [0.2, 0.25) is 0 Å². The molecule has 8 heteroatoms. The van der Waals surface area contributed by atoms with Crippen molar-refractivity contribution in [2.45, 2.75) is 0 Å². The first kappa shape index (κ1) is 20.3. The number of aromatic carboxylic acids is 1. The van der Waals surface area contributed by atoms with Crippen LogP contribution in [0.3, 0.4) is 0 Å². The molecule has 3 aromatic carbocycles. The largest absolute Gasteiger partial charge is 0.478 e. The number of carbonyl (C=O) groups is 4. The van der Waals surface area contributed by atoms with E-state index in [-0.39, 0.29) is 22.6 Å². The molecule has 0 saturated carbocycles. The lowest BCUT2D eigenvalue weighted by atomic mass is 10.1. The van der Waals surface area contributed by atoms with E-state index in [1.807, 2.05) is 6.07 Å². The Hall–Kier alpha value is -4.46. The molecule has 3 rings (SSSR count). The summed E-state index contributed by atoms with van der Waals surface area (Å²) in [5.41, 5.74) is 5.40. The van der Waals surface area contributed by atoms with E-state index in [4.69, 9.17) is 5.11 Å². The molecule has 0 aliphatic carbocycles. The predicted octanol–water partition coefficient (Wildman–Crippen LogP) is 2.71. The molecule has 0 unspecified atom stereocenters. The van der Waals surface area contributed by atoms with Gasteiger partial charge in [0.1, 0.15) is 0 Å². The van der Waals surface area contributed by atoms with E-state index in [0.717, 1.165) is 0 Å². The Kier molecular flexibility index (Phi) is 6.19. The molecule has 0 aliphatic heterocycles. The lowest BCUT2D eigenvalue weighted by Gasteiger charge is -2.10. The molecule has 8 nitrogen and oxygen atoms in total. The van der Waals surface area contributed by atoms with Crippen LogP contribution in [0.25, 0.3) is 0 Å². The third-order valence-corrected chi connectivity index (χ3v) is 4.13. The van der Waals surface area contributed by atoms with E-state index in [0.29, 0.717) is 11.3 Å². The van der Waals surface area contributed by atoms with Crippen LogP contribution in [0, 0.1) is 0 Å². The second kappa shape index (κ2) is 9.16. The number of amides is 3. The van der Waals surface area contributed by atoms with Gasteiger partial charge in [0.25, 0.3) is 17.7 Å². The van der Waals surface area contributed by atoms with E-state index in [1.54, 1.807) is 36.4 Å². The Balaban J connectivity index is 1.59. The van der Waals surface area contributed by atoms with Crippen LogP contribution in [0.1, 0.15) is 41.4 Å². The number of hydrogen-bond acceptors (Lipinski definition) is 4. The van der Waals surface area contributed by atoms with Crippen LogP contribution < -0.4 is 16.2 Å². The Morgan fingerprint density at radius 2 is 1.10 bits per heavy atom. The van der Waals surface area contributed by atoms with Crippen LogP contribution in [0.5, 0.6) is 0 Å². The van der Waals surface area contributed by atoms with Gasteiger partial charge in [-0.25, -0.2) is 4.79 Å². The zero-order valence-corrected chi connectivity index (χ0v) is 15.6. The minimum absolute atomic E-state index is 0.0794. The highest BCUT2D eigenvalue weighted by Crippen LogP contribution is 2.12. The summed E-state index contributed by atoms with van der Waals surface area (Å²) in [5, 5.41) is 11.9. The average molecular weight is 403 g/mol. The van der Waals surface area contributed by atoms with Crippen molar-refractivity contribution in [3.8, 4) is 0 Å². The van der Waals surface area contributed by atoms with Crippen molar-refractivity contribution in [1.29, 1.82) is 0 Å². The molecule has 150 valence electrons. The summed E-state index contributed by atoms with van der Waals surface area (Å²) in [4.78, 5) is 47.7. The number of hydrogen-bond donors (Lipinski definition) is 4. The zero-order chi connectivity index (χ0) is 21.5. The molecule has 30 heavy (non-hydrogen) atoms. The summed E-state index contributed by atoms with van der Waals surface area (Å²) in [5.74, 6) is -2.89. The van der Waals surface area contributed by atoms with Crippen molar-refractivity contribution in [2.24, 2.45) is 0 Å². The highest BCUT2D eigenvalue weighted by Gasteiger charge is 2.16. The number of nitrogens with one attached hydrogen (secondary N) is 3. The van der Waals surface area contributed by atoms with E-state index < -0.39 is 17.8 Å². The summed E-state index contributed by atoms with van der Waals surface area (Å²) >= 11 is 0. The quantitative estimate of drug-likeness (QED) is 0.488. The van der Waals surface area contributed by atoms with Gasteiger partial charge in [-0.05, 0) is 48.5 Å². The molecule has 3 aromatic rings. The summed E-state index contributed by atoms with van der Waals surface area (Å²) in [6.07, 6.45) is 0. The zero-order valence-electron chi connectivity index (χ0n) is 15.6. The van der Waals surface area contributed by atoms with E-state index in [9.17, 15) is 19.2 Å². The number of benzene rings is 3. The number of anilines is 1. The molecule has 0 bridgehead atoms. The smallest absolute Gasteiger partial charge is 0.336 e. The number of carboxylic acids is 1. The van der Waals surface area contributed by atoms with Crippen molar-refractivity contribution >= 4 is 29.4 Å². The van der Waals surface area contributed by atoms with Gasteiger partial charge in [0, 0.05) is 16.8 Å². The molecule has 0 saturated heterocycles. The van der Waals surface area contributed by atoms with Crippen molar-refractivity contribution in [1.82, 2.24) is 10.9 Å². The van der Waals surface area contributed by atoms with Gasteiger partial charge < -0.3 is 10.4 Å². The molecule has 4 N–H and O–H groups in total. The molecule has 0 radical (unpaired) electrons. The number of carbonyl (C=O) groups excluding carboxylic acids is 3. The second-order valence-electron chi connectivity index (χ2n) is 6.16. The summed E-state index contributed by atoms with van der Waals surface area (Å²) in [6, 6.07) is 20.4. The van der Waals surface area contributed by atoms with Crippen LogP contribution in [-0.2, 0) is 0 Å². The van der Waals surface area contributed by atoms with Crippen LogP contribution in [0.4, 0.5) is 5.69 Å². The first-order valence-corrected chi connectivity index (χ1v) is 8.85. The first-order chi connectivity index (χ1) is 14.5. The molecule has 3 amide bonds. The van der Waals surface area contributed by atoms with Gasteiger partial charge in [-0.3, -0.25) is 25.2 Å². The fraction of sp³-hybridized carbons (Fsp3) is 0. The Bertz CT molecular complexity index is 1100. The molecule has 0 aromatic heterocycles. The second-order valence-corrected chi connectivity index (χ2v) is 6.16. The number of carboxylic acid groups (broad SMARTS) is 1. The van der Waals surface area contributed by atoms with Gasteiger partial charge in [-0.2, -0.15) is 0 Å². The SMILES string of the molecule is O=C(NNC(=O)c1ccccc1C(=O)O)c1ccc(NC(=O)c2ccccc2)cc1. The Morgan fingerprint density at radius 3 is 1.73 bits per heavy atom. The fourth-order valence-corrected chi connectivity index (χ4v) is 2.62. The van der Waals surface area contributed by atoms with Crippen LogP contribution in [0.2, 0.25) is 0 Å². The molecule has 0 fully saturated rings. The van der Waals surface area contributed by atoms with Gasteiger partial charge in [-0.1, -0.05) is 30.3 Å². The first-order valence-electron chi connectivity index (χ1n) is 8.85. The van der Waals surface area contributed by atoms with Crippen molar-refractivity contribution < 1.29 is 24.3 Å². The molecular weight excluding hydrogens is 386 g/mol. The fourth-order valence-electron chi connectivity index (χ4n) is 2.62. The number of rotatable bonds is 5. The Labute approximate surface area is 171 Å². The van der Waals surface area contributed by atoms with Gasteiger partial charge in [0.05, 0.1) is 11.1 Å². The topological polar surface area (TPSA) is 125 Å². The highest BCUT2D eigenvalue weighted by molar-refractivity contribution is 6.06. The van der Waals surface area contributed by atoms with Crippen molar-refractivity contribution in [3.05, 3.63) is 101 Å². The minimum atomic E-state index is -1.25. The lowest BCUT2D eigenvalue weighted by Crippen LogP contribution is -2.42. The predicted molar refractivity (Wildman–Crippen MR) is 109 cm³/mol. The molecule has 0 heterocycles. The molecule has 0 aliphatic rings. The number of hydrazine groups is 1. The van der Waals surface area contributed by atoms with Crippen LogP contribution in [-0.4, -0.2) is 28.8 Å². The van der Waals surface area contributed by atoms with Crippen molar-refractivity contribution in [2.75, 3.05) is 5.32 Å². The van der Waals surface area contributed by atoms with Gasteiger partial charge >= 0.3 is 5.97 Å². The highest BCUT2D eigenvalue weighted by atomic mass is 16.4. The minimum Gasteiger partial charge on any atom is -0.478 e. The maximum absolute atomic E-state index is 12.2. The van der Waals surface area contributed by atoms with E-state index in [1.165, 1.54) is 36.4 Å². The molecular formula is C22H17N3O5. The van der Waals surface area contributed by atoms with Gasteiger partial charge in [0.15, 0.2) is 0 Å². The maximum Gasteiger partial charge on any atom is 0.336 e. The normalized spacial score (nSPS) is 10.0. The van der Waals surface area contributed by atoms with Crippen LogP contribution in [0.15, 0.2) is 78.9 Å². The lowest BCUT2D eigenvalue weighted by molar-refractivity contribution is 0.0690. The Morgan fingerprint density at radius 1 is 0.567 bits per heavy atom. The van der Waals surface area contributed by atoms with Crippen molar-refractivity contribution in [3.63, 3.8) is 0 Å². The third-order valence-electron chi connectivity index (χ3n) is 4.13. The van der Waals surface area contributed by atoms with E-state index in [2.05, 4.69) is 16.2 Å². The van der Waals surface area contributed by atoms with Crippen LogP contribution >= 0.6 is 0 Å². The van der Waals surface area contributed by atoms with Gasteiger partial charge in [-0.15, -0.1) is 0 Å². The monoisotopic (exact) mass is 403 g/mol. The maximum atomic E-state index is 12.2. The average Bonchev–Trinajstić information content (AvgIpc) is 2.78. The standard InChI is InChI=1S/C22H17N3O5/c26-19(14-6-2-1-3-7-14)23-16-12-10-15(11-13-16)20(27)24-25-21(28)17-8-4-5-9-18(17)22(29)30/h1-13H,(H,23,26)(H,24,27)(H,25,28)(H,29,30). The molecule has 0 atom stereocenters. The van der Waals surface area contributed by atoms with E-state index >= 15 is 0 Å². The summed E-state index contributed by atoms with van der Waals surface area (Å²) in [7, 11) is 0. The summed E-state index contributed by atoms with van der Waals surface area (Å²) < 4.78 is 0.